The molecule has 2 heterocycles. The van der Waals surface area contributed by atoms with Crippen LogP contribution in [-0.2, 0) is 23.8 Å². The van der Waals surface area contributed by atoms with Gasteiger partial charge in [-0.05, 0) is 39.2 Å². The van der Waals surface area contributed by atoms with E-state index in [1.807, 2.05) is 0 Å². The summed E-state index contributed by atoms with van der Waals surface area (Å²) >= 11 is 0. The summed E-state index contributed by atoms with van der Waals surface area (Å²) in [5, 5.41) is 14.1. The molecule has 0 unspecified atom stereocenters. The molecule has 1 amide bonds. The van der Waals surface area contributed by atoms with Gasteiger partial charge in [0.25, 0.3) is 5.69 Å². The Morgan fingerprint density at radius 2 is 1.66 bits per heavy atom. The smallest absolute Gasteiger partial charge is 0.425 e. The number of carbonyl (C=O) groups is 3. The Morgan fingerprint density at radius 1 is 1.09 bits per heavy atom. The van der Waals surface area contributed by atoms with E-state index in [2.05, 4.69) is 0 Å². The molecule has 2 fully saturated rings. The van der Waals surface area contributed by atoms with E-state index >= 15 is 0 Å². The monoisotopic (exact) mass is 449 g/mol. The van der Waals surface area contributed by atoms with E-state index in [1.54, 1.807) is 25.8 Å². The lowest BCUT2D eigenvalue weighted by atomic mass is 9.76. The van der Waals surface area contributed by atoms with Gasteiger partial charge in [-0.1, -0.05) is 12.1 Å². The van der Waals surface area contributed by atoms with Gasteiger partial charge in [-0.3, -0.25) is 19.7 Å². The average Bonchev–Trinajstić information content (AvgIpc) is 3.28. The number of nitro groups is 1. The number of hydrazine groups is 1. The standard InChI is InChI=1S/C21H27N3O8/c1-20(2,3)32-19(27)22-11-10-15-12-21(17(25)30-4,18(26)31-5)16(23(15)22)13-6-8-14(9-7-13)24(28)29/h6-9,15-16H,10-12H2,1-5H3/t15-,16+/m0/s1. The third-order valence-electron chi connectivity index (χ3n) is 5.74. The van der Waals surface area contributed by atoms with E-state index in [1.165, 1.54) is 43.5 Å². The number of hydrogen-bond donors (Lipinski definition) is 0. The van der Waals surface area contributed by atoms with Gasteiger partial charge in [0.05, 0.1) is 25.2 Å². The molecular formula is C21H27N3O8. The number of esters is 2. The number of rotatable bonds is 4. The zero-order valence-electron chi connectivity index (χ0n) is 18.7. The minimum atomic E-state index is -1.76. The number of nitro benzene ring substituents is 1. The maximum Gasteiger partial charge on any atom is 0.425 e. The Morgan fingerprint density at radius 3 is 2.12 bits per heavy atom. The number of non-ortho nitro benzene ring substituents is 1. The summed E-state index contributed by atoms with van der Waals surface area (Å²) in [6.45, 7) is 5.55. The minimum Gasteiger partial charge on any atom is -0.468 e. The highest BCUT2D eigenvalue weighted by Crippen LogP contribution is 2.55. The molecule has 0 aromatic heterocycles. The van der Waals surface area contributed by atoms with Crippen molar-refractivity contribution in [3.63, 3.8) is 0 Å². The van der Waals surface area contributed by atoms with Crippen LogP contribution in [0.15, 0.2) is 24.3 Å². The van der Waals surface area contributed by atoms with Crippen LogP contribution in [0.3, 0.4) is 0 Å². The summed E-state index contributed by atoms with van der Waals surface area (Å²) in [6, 6.07) is 4.18. The highest BCUT2D eigenvalue weighted by atomic mass is 16.6. The van der Waals surface area contributed by atoms with E-state index < -0.39 is 40.0 Å². The lowest BCUT2D eigenvalue weighted by Crippen LogP contribution is -2.51. The van der Waals surface area contributed by atoms with E-state index in [0.717, 1.165) is 0 Å². The molecule has 0 spiro atoms. The molecule has 0 aliphatic carbocycles. The predicted octanol–water partition coefficient (Wildman–Crippen LogP) is 2.60. The number of fused-ring (bicyclic) bond motifs is 1. The molecule has 11 nitrogen and oxygen atoms in total. The molecule has 11 heteroatoms. The molecule has 2 aliphatic heterocycles. The van der Waals surface area contributed by atoms with Crippen molar-refractivity contribution >= 4 is 23.7 Å². The number of benzene rings is 1. The van der Waals surface area contributed by atoms with Crippen molar-refractivity contribution in [2.75, 3.05) is 20.8 Å². The zero-order valence-corrected chi connectivity index (χ0v) is 18.7. The van der Waals surface area contributed by atoms with Crippen LogP contribution in [0.25, 0.3) is 0 Å². The molecule has 0 saturated carbocycles. The maximum atomic E-state index is 13.0. The number of carbonyl (C=O) groups excluding carboxylic acids is 3. The maximum absolute atomic E-state index is 13.0. The van der Waals surface area contributed by atoms with E-state index in [9.17, 15) is 24.5 Å². The van der Waals surface area contributed by atoms with Crippen LogP contribution in [0.5, 0.6) is 0 Å². The summed E-state index contributed by atoms with van der Waals surface area (Å²) in [5.74, 6) is -1.60. The molecule has 32 heavy (non-hydrogen) atoms. The minimum absolute atomic E-state index is 0.0628. The molecule has 2 aliphatic rings. The van der Waals surface area contributed by atoms with Crippen molar-refractivity contribution in [1.29, 1.82) is 0 Å². The molecule has 0 bridgehead atoms. The SMILES string of the molecule is COC(=O)C1(C(=O)OC)C[C@@H]2CCN(C(=O)OC(C)(C)C)N2[C@@H]1c1ccc([N+](=O)[O-])cc1. The van der Waals surface area contributed by atoms with Gasteiger partial charge in [0.1, 0.15) is 5.60 Å². The third kappa shape index (κ3) is 3.88. The molecule has 1 aromatic carbocycles. The highest BCUT2D eigenvalue weighted by Gasteiger charge is 2.67. The second-order valence-electron chi connectivity index (χ2n) is 8.84. The van der Waals surface area contributed by atoms with Gasteiger partial charge in [0, 0.05) is 24.7 Å². The van der Waals surface area contributed by atoms with Gasteiger partial charge in [0.2, 0.25) is 0 Å². The van der Waals surface area contributed by atoms with Crippen LogP contribution >= 0.6 is 0 Å². The summed E-state index contributed by atoms with van der Waals surface area (Å²) in [6.07, 6.45) is -0.0522. The zero-order chi connectivity index (χ0) is 23.8. The molecule has 174 valence electrons. The first-order valence-corrected chi connectivity index (χ1v) is 10.2. The molecule has 2 atom stereocenters. The number of nitrogens with zero attached hydrogens (tertiary/aromatic N) is 3. The van der Waals surface area contributed by atoms with Gasteiger partial charge in [-0.2, -0.15) is 0 Å². The van der Waals surface area contributed by atoms with E-state index in [4.69, 9.17) is 14.2 Å². The van der Waals surface area contributed by atoms with Gasteiger partial charge in [-0.15, -0.1) is 0 Å². The van der Waals surface area contributed by atoms with Crippen molar-refractivity contribution in [3.8, 4) is 0 Å². The van der Waals surface area contributed by atoms with Gasteiger partial charge in [0.15, 0.2) is 5.41 Å². The molecule has 0 radical (unpaired) electrons. The topological polar surface area (TPSA) is 129 Å². The first-order chi connectivity index (χ1) is 15.0. The Bertz CT molecular complexity index is 908. The van der Waals surface area contributed by atoms with E-state index in [0.29, 0.717) is 18.5 Å². The van der Waals surface area contributed by atoms with Gasteiger partial charge >= 0.3 is 18.0 Å². The van der Waals surface area contributed by atoms with Crippen molar-refractivity contribution < 1.29 is 33.5 Å². The summed E-state index contributed by atoms with van der Waals surface area (Å²) in [7, 11) is 2.35. The fourth-order valence-corrected chi connectivity index (χ4v) is 4.52. The number of amides is 1. The summed E-state index contributed by atoms with van der Waals surface area (Å²) < 4.78 is 15.5. The normalized spacial score (nSPS) is 22.2. The molecule has 1 aromatic rings. The fraction of sp³-hybridized carbons (Fsp3) is 0.571. The molecular weight excluding hydrogens is 422 g/mol. The van der Waals surface area contributed by atoms with E-state index in [-0.39, 0.29) is 18.2 Å². The highest BCUT2D eigenvalue weighted by molar-refractivity contribution is 6.01. The average molecular weight is 449 g/mol. The van der Waals surface area contributed by atoms with Crippen molar-refractivity contribution in [2.24, 2.45) is 5.41 Å². The lowest BCUT2D eigenvalue weighted by molar-refractivity contribution is -0.384. The molecule has 0 N–H and O–H groups in total. The van der Waals surface area contributed by atoms with Crippen LogP contribution < -0.4 is 0 Å². The predicted molar refractivity (Wildman–Crippen MR) is 110 cm³/mol. The second kappa shape index (κ2) is 8.38. The van der Waals surface area contributed by atoms with Crippen LogP contribution in [0.2, 0.25) is 0 Å². The van der Waals surface area contributed by atoms with Gasteiger partial charge < -0.3 is 14.2 Å². The molecule has 2 saturated heterocycles. The number of methoxy groups -OCH3 is 2. The summed E-state index contributed by atoms with van der Waals surface area (Å²) in [5.41, 5.74) is -2.22. The van der Waals surface area contributed by atoms with Crippen LogP contribution in [0.1, 0.15) is 45.2 Å². The number of hydrogen-bond acceptors (Lipinski definition) is 9. The van der Waals surface area contributed by atoms with Crippen LogP contribution in [0, 0.1) is 15.5 Å². The van der Waals surface area contributed by atoms with Crippen LogP contribution in [0.4, 0.5) is 10.5 Å². The Hall–Kier alpha value is -3.21. The van der Waals surface area contributed by atoms with Crippen LogP contribution in [-0.4, -0.2) is 65.4 Å². The van der Waals surface area contributed by atoms with Crippen molar-refractivity contribution in [2.45, 2.75) is 51.3 Å². The van der Waals surface area contributed by atoms with Crippen molar-refractivity contribution in [3.05, 3.63) is 39.9 Å². The third-order valence-corrected chi connectivity index (χ3v) is 5.74. The quantitative estimate of drug-likeness (QED) is 0.224. The largest absolute Gasteiger partial charge is 0.468 e. The Kier molecular flexibility index (Phi) is 6.14. The first-order valence-electron chi connectivity index (χ1n) is 10.2. The Balaban J connectivity index is 2.14. The number of ether oxygens (including phenoxy) is 3. The summed E-state index contributed by atoms with van der Waals surface area (Å²) in [4.78, 5) is 49.6. The van der Waals surface area contributed by atoms with Gasteiger partial charge in [-0.25, -0.2) is 14.8 Å². The second-order valence-corrected chi connectivity index (χ2v) is 8.84. The van der Waals surface area contributed by atoms with Crippen molar-refractivity contribution in [1.82, 2.24) is 10.0 Å². The Labute approximate surface area is 185 Å². The lowest BCUT2D eigenvalue weighted by Gasteiger charge is -2.38. The fourth-order valence-electron chi connectivity index (χ4n) is 4.52. The molecule has 3 rings (SSSR count). The first kappa shape index (κ1) is 23.5.